The van der Waals surface area contributed by atoms with Gasteiger partial charge in [0.15, 0.2) is 4.77 Å². The molecule has 1 aromatic carbocycles. The predicted octanol–water partition coefficient (Wildman–Crippen LogP) is 3.69. The molecule has 3 rings (SSSR count). The number of H-pyrrole nitrogens is 1. The number of halogens is 1. The first-order valence-corrected chi connectivity index (χ1v) is 8.71. The van der Waals surface area contributed by atoms with Gasteiger partial charge in [-0.15, -0.1) is 0 Å². The summed E-state index contributed by atoms with van der Waals surface area (Å²) in [6.45, 7) is 2.39. The van der Waals surface area contributed by atoms with Gasteiger partial charge in [0.2, 0.25) is 5.91 Å². The lowest BCUT2D eigenvalue weighted by atomic mass is 10.1. The van der Waals surface area contributed by atoms with E-state index in [-0.39, 0.29) is 5.91 Å². The molecule has 0 aliphatic heterocycles. The van der Waals surface area contributed by atoms with Crippen LogP contribution in [0.1, 0.15) is 37.2 Å². The highest BCUT2D eigenvalue weighted by Gasteiger charge is 2.26. The number of carbonyl (C=O) groups is 1. The average Bonchev–Trinajstić information content (AvgIpc) is 3.31. The van der Waals surface area contributed by atoms with Crippen LogP contribution in [0, 0.1) is 4.77 Å². The topological polar surface area (TPSA) is 62.7 Å². The largest absolute Gasteiger partial charge is 0.352 e. The normalized spacial score (nSPS) is 14.7. The van der Waals surface area contributed by atoms with E-state index >= 15 is 0 Å². The van der Waals surface area contributed by atoms with Gasteiger partial charge < -0.3 is 9.88 Å². The molecule has 0 bridgehead atoms. The van der Waals surface area contributed by atoms with Crippen molar-refractivity contribution in [3.8, 4) is 0 Å². The molecule has 1 amide bonds. The van der Waals surface area contributed by atoms with Crippen LogP contribution in [-0.4, -0.2) is 27.2 Å². The first-order chi connectivity index (χ1) is 11.6. The molecule has 1 aliphatic carbocycles. The van der Waals surface area contributed by atoms with Crippen LogP contribution in [0.15, 0.2) is 30.3 Å². The summed E-state index contributed by atoms with van der Waals surface area (Å²) >= 11 is 11.4. The van der Waals surface area contributed by atoms with Crippen LogP contribution >= 0.6 is 23.8 Å². The third kappa shape index (κ3) is 3.94. The minimum atomic E-state index is -0.139. The molecule has 126 valence electrons. The Hall–Kier alpha value is -1.92. The lowest BCUT2D eigenvalue weighted by Gasteiger charge is -2.07. The zero-order valence-electron chi connectivity index (χ0n) is 13.4. The van der Waals surface area contributed by atoms with Gasteiger partial charge in [-0.25, -0.2) is 0 Å². The van der Waals surface area contributed by atoms with Crippen molar-refractivity contribution in [3.63, 3.8) is 0 Å². The predicted molar refractivity (Wildman–Crippen MR) is 97.5 cm³/mol. The highest BCUT2D eigenvalue weighted by Crippen LogP contribution is 2.35. The minimum absolute atomic E-state index is 0.139. The number of hydrogen-bond donors (Lipinski definition) is 2. The molecule has 1 heterocycles. The highest BCUT2D eigenvalue weighted by atomic mass is 35.5. The van der Waals surface area contributed by atoms with Gasteiger partial charge in [-0.2, -0.15) is 5.10 Å². The van der Waals surface area contributed by atoms with E-state index in [0.29, 0.717) is 28.8 Å². The number of nitrogens with zero attached hydrogens (tertiary/aromatic N) is 2. The zero-order chi connectivity index (χ0) is 17.1. The number of amides is 1. The van der Waals surface area contributed by atoms with Crippen LogP contribution in [0.5, 0.6) is 0 Å². The quantitative estimate of drug-likeness (QED) is 0.608. The second kappa shape index (κ2) is 7.32. The summed E-state index contributed by atoms with van der Waals surface area (Å²) in [7, 11) is 0. The molecule has 7 heteroatoms. The van der Waals surface area contributed by atoms with Gasteiger partial charge in [0.05, 0.1) is 0 Å². The van der Waals surface area contributed by atoms with Crippen molar-refractivity contribution in [2.24, 2.45) is 0 Å². The Labute approximate surface area is 150 Å². The molecule has 0 radical (unpaired) electrons. The number of nitrogens with one attached hydrogen (secondary N) is 2. The van der Waals surface area contributed by atoms with Gasteiger partial charge in [0, 0.05) is 30.1 Å². The summed E-state index contributed by atoms with van der Waals surface area (Å²) in [4.78, 5) is 12.1. The van der Waals surface area contributed by atoms with Crippen LogP contribution < -0.4 is 5.32 Å². The molecule has 0 saturated heterocycles. The van der Waals surface area contributed by atoms with E-state index in [2.05, 4.69) is 20.1 Å². The van der Waals surface area contributed by atoms with Crippen LogP contribution in [-0.2, 0) is 11.2 Å². The summed E-state index contributed by atoms with van der Waals surface area (Å²) in [5, 5.41) is 10.6. The van der Waals surface area contributed by atoms with Crippen molar-refractivity contribution < 1.29 is 4.79 Å². The van der Waals surface area contributed by atoms with Crippen LogP contribution in [0.25, 0.3) is 5.57 Å². The van der Waals surface area contributed by atoms with Gasteiger partial charge in [-0.3, -0.25) is 9.89 Å². The minimum Gasteiger partial charge on any atom is -0.352 e. The third-order valence-electron chi connectivity index (χ3n) is 3.98. The number of benzene rings is 1. The molecule has 0 atom stereocenters. The first-order valence-electron chi connectivity index (χ1n) is 7.93. The summed E-state index contributed by atoms with van der Waals surface area (Å²) in [6, 6.07) is 7.95. The Balaban J connectivity index is 1.57. The van der Waals surface area contributed by atoms with Gasteiger partial charge in [-0.05, 0) is 49.2 Å². The maximum atomic E-state index is 12.1. The lowest BCUT2D eigenvalue weighted by Crippen LogP contribution is -2.24. The lowest BCUT2D eigenvalue weighted by molar-refractivity contribution is -0.116. The standard InChI is InChI=1S/C17H19ClN4OS/c1-11(13-4-2-3-5-14(13)18)10-16(23)19-9-8-15-20-21-17(24)22(15)12-6-7-12/h2-5,10,12H,6-9H2,1H3,(H,19,23)(H,21,24). The second-order valence-corrected chi connectivity index (χ2v) is 6.69. The van der Waals surface area contributed by atoms with Gasteiger partial charge in [0.1, 0.15) is 5.82 Å². The number of carbonyl (C=O) groups excluding carboxylic acids is 1. The van der Waals surface area contributed by atoms with Crippen LogP contribution in [0.2, 0.25) is 5.02 Å². The number of aromatic nitrogens is 3. The van der Waals surface area contributed by atoms with Crippen molar-refractivity contribution in [2.45, 2.75) is 32.2 Å². The van der Waals surface area contributed by atoms with Gasteiger partial charge in [0.25, 0.3) is 0 Å². The molecule has 5 nitrogen and oxygen atoms in total. The Bertz CT molecular complexity index is 835. The zero-order valence-corrected chi connectivity index (χ0v) is 15.0. The summed E-state index contributed by atoms with van der Waals surface area (Å²) in [5.74, 6) is 0.758. The molecule has 2 N–H and O–H groups in total. The molecule has 0 unspecified atom stereocenters. The number of rotatable bonds is 6. The smallest absolute Gasteiger partial charge is 0.244 e. The van der Waals surface area contributed by atoms with E-state index in [0.717, 1.165) is 29.8 Å². The fraction of sp³-hybridized carbons (Fsp3) is 0.353. The fourth-order valence-corrected chi connectivity index (χ4v) is 3.21. The molecule has 1 saturated carbocycles. The summed E-state index contributed by atoms with van der Waals surface area (Å²) < 4.78 is 2.72. The Morgan fingerprint density at radius 2 is 2.25 bits per heavy atom. The molecule has 1 fully saturated rings. The Morgan fingerprint density at radius 1 is 1.50 bits per heavy atom. The van der Waals surface area contributed by atoms with E-state index in [1.165, 1.54) is 0 Å². The molecule has 1 aromatic heterocycles. The van der Waals surface area contributed by atoms with Gasteiger partial charge in [-0.1, -0.05) is 29.8 Å². The second-order valence-electron chi connectivity index (χ2n) is 5.89. The monoisotopic (exact) mass is 362 g/mol. The van der Waals surface area contributed by atoms with Crippen molar-refractivity contribution in [1.29, 1.82) is 0 Å². The third-order valence-corrected chi connectivity index (χ3v) is 4.60. The average molecular weight is 363 g/mol. The van der Waals surface area contributed by atoms with E-state index < -0.39 is 0 Å². The Morgan fingerprint density at radius 3 is 2.96 bits per heavy atom. The van der Waals surface area contributed by atoms with Crippen molar-refractivity contribution in [3.05, 3.63) is 51.5 Å². The molecular weight excluding hydrogens is 344 g/mol. The molecule has 0 spiro atoms. The molecule has 1 aliphatic rings. The number of aromatic amines is 1. The van der Waals surface area contributed by atoms with Crippen LogP contribution in [0.4, 0.5) is 0 Å². The maximum absolute atomic E-state index is 12.1. The summed E-state index contributed by atoms with van der Waals surface area (Å²) in [6.07, 6.45) is 4.51. The maximum Gasteiger partial charge on any atom is 0.244 e. The highest BCUT2D eigenvalue weighted by molar-refractivity contribution is 7.71. The number of hydrogen-bond acceptors (Lipinski definition) is 3. The number of allylic oxidation sites excluding steroid dienone is 1. The van der Waals surface area contributed by atoms with Crippen LogP contribution in [0.3, 0.4) is 0 Å². The van der Waals surface area contributed by atoms with Gasteiger partial charge >= 0.3 is 0 Å². The molecule has 24 heavy (non-hydrogen) atoms. The van der Waals surface area contributed by atoms with Crippen molar-refractivity contribution in [2.75, 3.05) is 6.54 Å². The first kappa shape index (κ1) is 16.9. The van der Waals surface area contributed by atoms with E-state index in [9.17, 15) is 4.79 Å². The van der Waals surface area contributed by atoms with Crippen molar-refractivity contribution >= 4 is 35.3 Å². The molecule has 2 aromatic rings. The SMILES string of the molecule is CC(=CC(=O)NCCc1n[nH]c(=S)n1C1CC1)c1ccccc1Cl. The molecular formula is C17H19ClN4OS. The summed E-state index contributed by atoms with van der Waals surface area (Å²) in [5.41, 5.74) is 1.70. The van der Waals surface area contributed by atoms with E-state index in [4.69, 9.17) is 23.8 Å². The van der Waals surface area contributed by atoms with E-state index in [1.54, 1.807) is 6.08 Å². The Kier molecular flexibility index (Phi) is 5.16. The van der Waals surface area contributed by atoms with Crippen molar-refractivity contribution in [1.82, 2.24) is 20.1 Å². The van der Waals surface area contributed by atoms with E-state index in [1.807, 2.05) is 31.2 Å². The fourth-order valence-electron chi connectivity index (χ4n) is 2.63.